The molecular formula is C14H20N6O4. The van der Waals surface area contributed by atoms with E-state index >= 15 is 0 Å². The van der Waals surface area contributed by atoms with Gasteiger partial charge in [0.05, 0.1) is 30.3 Å². The second-order valence-corrected chi connectivity index (χ2v) is 5.15. The first kappa shape index (κ1) is 17.4. The van der Waals surface area contributed by atoms with Crippen molar-refractivity contribution in [1.82, 2.24) is 24.9 Å². The van der Waals surface area contributed by atoms with Gasteiger partial charge in [0.2, 0.25) is 5.91 Å². The van der Waals surface area contributed by atoms with Gasteiger partial charge in [-0.25, -0.2) is 0 Å². The minimum absolute atomic E-state index is 0.0689. The molecular weight excluding hydrogens is 316 g/mol. The summed E-state index contributed by atoms with van der Waals surface area (Å²) >= 11 is 0. The third-order valence-electron chi connectivity index (χ3n) is 3.54. The number of nitro groups is 1. The van der Waals surface area contributed by atoms with Gasteiger partial charge in [-0.05, 0) is 19.9 Å². The van der Waals surface area contributed by atoms with E-state index in [1.54, 1.807) is 6.20 Å². The van der Waals surface area contributed by atoms with Gasteiger partial charge in [0, 0.05) is 19.2 Å². The number of amides is 1. The third-order valence-corrected chi connectivity index (χ3v) is 3.54. The number of rotatable bonds is 8. The van der Waals surface area contributed by atoms with Gasteiger partial charge in [0.25, 0.3) is 0 Å². The number of aryl methyl sites for hydroxylation is 2. The predicted molar refractivity (Wildman–Crippen MR) is 84.5 cm³/mol. The average molecular weight is 336 g/mol. The molecule has 24 heavy (non-hydrogen) atoms. The van der Waals surface area contributed by atoms with Crippen LogP contribution in [0.1, 0.15) is 32.0 Å². The van der Waals surface area contributed by atoms with Gasteiger partial charge in [0.1, 0.15) is 6.20 Å². The van der Waals surface area contributed by atoms with Crippen LogP contribution in [-0.4, -0.2) is 37.5 Å². The molecule has 0 radical (unpaired) electrons. The molecule has 0 aliphatic heterocycles. The first-order valence-electron chi connectivity index (χ1n) is 7.53. The van der Waals surface area contributed by atoms with E-state index in [0.29, 0.717) is 0 Å². The highest BCUT2D eigenvalue weighted by atomic mass is 16.6. The van der Waals surface area contributed by atoms with Gasteiger partial charge in [0.15, 0.2) is 0 Å². The number of hydrogen-bond acceptors (Lipinski definition) is 6. The fourth-order valence-corrected chi connectivity index (χ4v) is 2.36. The van der Waals surface area contributed by atoms with Crippen LogP contribution in [0.3, 0.4) is 0 Å². The van der Waals surface area contributed by atoms with Gasteiger partial charge >= 0.3 is 11.6 Å². The van der Waals surface area contributed by atoms with Crippen molar-refractivity contribution in [2.75, 3.05) is 7.11 Å². The standard InChI is InChI=1S/C14H20N6O4/c1-4-19-11(5-7-15-19)10(2)16-13(21)6-8-18-9-12(20(22)23)14(17-18)24-3/h5,7,9-10H,4,6,8H2,1-3H3,(H,16,21). The highest BCUT2D eigenvalue weighted by Crippen LogP contribution is 2.24. The third kappa shape index (κ3) is 3.89. The molecule has 2 rings (SSSR count). The van der Waals surface area contributed by atoms with E-state index < -0.39 is 4.92 Å². The van der Waals surface area contributed by atoms with Gasteiger partial charge in [-0.1, -0.05) is 0 Å². The van der Waals surface area contributed by atoms with E-state index in [1.807, 2.05) is 24.6 Å². The maximum Gasteiger partial charge on any atom is 0.350 e. The minimum Gasteiger partial charge on any atom is -0.475 e. The van der Waals surface area contributed by atoms with Crippen molar-refractivity contribution in [1.29, 1.82) is 0 Å². The van der Waals surface area contributed by atoms with Crippen LogP contribution in [0.25, 0.3) is 0 Å². The molecule has 2 aromatic heterocycles. The van der Waals surface area contributed by atoms with Crippen LogP contribution in [0.2, 0.25) is 0 Å². The Hall–Kier alpha value is -2.91. The molecule has 2 aromatic rings. The number of methoxy groups -OCH3 is 1. The Kier molecular flexibility index (Phi) is 5.51. The zero-order valence-electron chi connectivity index (χ0n) is 13.8. The molecule has 0 saturated heterocycles. The number of nitrogens with zero attached hydrogens (tertiary/aromatic N) is 5. The fraction of sp³-hybridized carbons (Fsp3) is 0.500. The minimum atomic E-state index is -0.573. The normalized spacial score (nSPS) is 12.0. The quantitative estimate of drug-likeness (QED) is 0.573. The lowest BCUT2D eigenvalue weighted by Gasteiger charge is -2.15. The summed E-state index contributed by atoms with van der Waals surface area (Å²) in [7, 11) is 1.31. The van der Waals surface area contributed by atoms with Crippen LogP contribution in [0, 0.1) is 10.1 Å². The van der Waals surface area contributed by atoms with E-state index in [1.165, 1.54) is 18.0 Å². The van der Waals surface area contributed by atoms with Gasteiger partial charge in [-0.3, -0.25) is 24.3 Å². The first-order chi connectivity index (χ1) is 11.5. The molecule has 1 N–H and O–H groups in total. The Balaban J connectivity index is 1.92. The summed E-state index contributed by atoms with van der Waals surface area (Å²) in [5, 5.41) is 21.8. The summed E-state index contributed by atoms with van der Waals surface area (Å²) in [5.74, 6) is -0.246. The maximum absolute atomic E-state index is 12.1. The summed E-state index contributed by atoms with van der Waals surface area (Å²) in [5.41, 5.74) is 0.695. The number of carbonyl (C=O) groups excluding carboxylic acids is 1. The van der Waals surface area contributed by atoms with Crippen molar-refractivity contribution in [3.05, 3.63) is 34.3 Å². The van der Waals surface area contributed by atoms with Crippen LogP contribution in [0.5, 0.6) is 5.88 Å². The topological polar surface area (TPSA) is 117 Å². The summed E-state index contributed by atoms with van der Waals surface area (Å²) in [6.45, 7) is 4.79. The van der Waals surface area contributed by atoms with Crippen molar-refractivity contribution in [3.63, 3.8) is 0 Å². The molecule has 0 bridgehead atoms. The number of hydrogen-bond donors (Lipinski definition) is 1. The average Bonchev–Trinajstić information content (AvgIpc) is 3.19. The molecule has 0 saturated carbocycles. The van der Waals surface area contributed by atoms with E-state index in [9.17, 15) is 14.9 Å². The lowest BCUT2D eigenvalue weighted by molar-refractivity contribution is -0.385. The molecule has 1 amide bonds. The number of aromatic nitrogens is 4. The zero-order valence-corrected chi connectivity index (χ0v) is 13.8. The highest BCUT2D eigenvalue weighted by Gasteiger charge is 2.20. The second kappa shape index (κ2) is 7.57. The van der Waals surface area contributed by atoms with E-state index in [2.05, 4.69) is 15.5 Å². The van der Waals surface area contributed by atoms with E-state index in [0.717, 1.165) is 12.2 Å². The Morgan fingerprint density at radius 2 is 2.29 bits per heavy atom. The molecule has 0 fully saturated rings. The van der Waals surface area contributed by atoms with E-state index in [4.69, 9.17) is 4.74 Å². The van der Waals surface area contributed by atoms with E-state index in [-0.39, 0.29) is 36.5 Å². The van der Waals surface area contributed by atoms with Crippen LogP contribution < -0.4 is 10.1 Å². The Labute approximate surface area is 138 Å². The number of carbonyl (C=O) groups is 1. The largest absolute Gasteiger partial charge is 0.475 e. The lowest BCUT2D eigenvalue weighted by atomic mass is 10.2. The van der Waals surface area contributed by atoms with Crippen molar-refractivity contribution in [3.8, 4) is 5.88 Å². The molecule has 10 heteroatoms. The summed E-state index contributed by atoms with van der Waals surface area (Å²) in [4.78, 5) is 22.4. The van der Waals surface area contributed by atoms with Crippen molar-refractivity contribution in [2.45, 2.75) is 39.4 Å². The molecule has 130 valence electrons. The fourth-order valence-electron chi connectivity index (χ4n) is 2.36. The monoisotopic (exact) mass is 336 g/mol. The zero-order chi connectivity index (χ0) is 17.7. The van der Waals surface area contributed by atoms with Crippen LogP contribution in [0.15, 0.2) is 18.5 Å². The molecule has 0 aliphatic rings. The van der Waals surface area contributed by atoms with Crippen LogP contribution in [-0.2, 0) is 17.9 Å². The van der Waals surface area contributed by atoms with Crippen molar-refractivity contribution < 1.29 is 14.5 Å². The first-order valence-corrected chi connectivity index (χ1v) is 7.53. The Morgan fingerprint density at radius 3 is 2.88 bits per heavy atom. The number of ether oxygens (including phenoxy) is 1. The van der Waals surface area contributed by atoms with Crippen LogP contribution >= 0.6 is 0 Å². The maximum atomic E-state index is 12.1. The Bertz CT molecular complexity index is 723. The second-order valence-electron chi connectivity index (χ2n) is 5.15. The highest BCUT2D eigenvalue weighted by molar-refractivity contribution is 5.76. The number of nitrogens with one attached hydrogen (secondary N) is 1. The van der Waals surface area contributed by atoms with Gasteiger partial charge in [-0.15, -0.1) is 5.10 Å². The summed E-state index contributed by atoms with van der Waals surface area (Å²) < 4.78 is 7.99. The molecule has 1 atom stereocenters. The molecule has 0 spiro atoms. The van der Waals surface area contributed by atoms with Crippen molar-refractivity contribution >= 4 is 11.6 Å². The lowest BCUT2D eigenvalue weighted by Crippen LogP contribution is -2.29. The SMILES string of the molecule is CCn1nccc1C(C)NC(=O)CCn1cc([N+](=O)[O-])c(OC)n1. The summed E-state index contributed by atoms with van der Waals surface area (Å²) in [6, 6.07) is 1.68. The van der Waals surface area contributed by atoms with Gasteiger partial charge in [-0.2, -0.15) is 5.10 Å². The molecule has 0 aliphatic carbocycles. The summed E-state index contributed by atoms with van der Waals surface area (Å²) in [6.07, 6.45) is 3.09. The molecule has 0 aromatic carbocycles. The smallest absolute Gasteiger partial charge is 0.350 e. The van der Waals surface area contributed by atoms with Gasteiger partial charge < -0.3 is 10.1 Å². The Morgan fingerprint density at radius 1 is 1.54 bits per heavy atom. The molecule has 1 unspecified atom stereocenters. The van der Waals surface area contributed by atoms with Crippen molar-refractivity contribution in [2.24, 2.45) is 0 Å². The predicted octanol–water partition coefficient (Wildman–Crippen LogP) is 1.28. The molecule has 2 heterocycles. The molecule has 10 nitrogen and oxygen atoms in total. The van der Waals surface area contributed by atoms with Crippen LogP contribution in [0.4, 0.5) is 5.69 Å².